The molecule has 0 spiro atoms. The van der Waals surface area contributed by atoms with Gasteiger partial charge >= 0.3 is 30.7 Å². The summed E-state index contributed by atoms with van der Waals surface area (Å²) in [5, 5.41) is 0. The lowest BCUT2D eigenvalue weighted by molar-refractivity contribution is -0.143. The van der Waals surface area contributed by atoms with Gasteiger partial charge in [0.1, 0.15) is 11.9 Å². The van der Waals surface area contributed by atoms with Gasteiger partial charge in [-0.25, -0.2) is 14.6 Å². The summed E-state index contributed by atoms with van der Waals surface area (Å²) in [6.45, 7) is 3.60. The maximum Gasteiger partial charge on any atom is 0.417 e. The van der Waals surface area contributed by atoms with Gasteiger partial charge in [0.15, 0.2) is 0 Å². The Morgan fingerprint density at radius 3 is 1.93 bits per heavy atom. The molecule has 2 atom stereocenters. The number of aromatic nitrogens is 1. The number of nitrogens with zero attached hydrogens (tertiary/aromatic N) is 5. The van der Waals surface area contributed by atoms with Crippen molar-refractivity contribution in [3.8, 4) is 0 Å². The van der Waals surface area contributed by atoms with Crippen LogP contribution in [0.25, 0.3) is 0 Å². The van der Waals surface area contributed by atoms with Gasteiger partial charge in [0, 0.05) is 51.5 Å². The lowest BCUT2D eigenvalue weighted by atomic mass is 9.97. The number of piperidine rings is 1. The summed E-state index contributed by atoms with van der Waals surface area (Å²) in [6.07, 6.45) is -16.2. The lowest BCUT2D eigenvalue weighted by Gasteiger charge is -2.40. The number of hydrogen-bond acceptors (Lipinski definition) is 5. The fraction of sp³-hybridized carbons (Fsp3) is 0.552. The van der Waals surface area contributed by atoms with E-state index in [4.69, 9.17) is 4.74 Å². The third-order valence-electron chi connectivity index (χ3n) is 8.11. The molecule has 2 aromatic rings. The molecule has 2 aliphatic rings. The number of amides is 3. The summed E-state index contributed by atoms with van der Waals surface area (Å²) in [4.78, 5) is 35.3. The Balaban J connectivity index is 1.67. The number of cyclic esters (lactones) is 1. The van der Waals surface area contributed by atoms with E-state index in [2.05, 4.69) is 4.98 Å². The number of benzene rings is 1. The Bertz CT molecular complexity index is 1400. The monoisotopic (exact) mass is 669 g/mol. The van der Waals surface area contributed by atoms with Crippen molar-refractivity contribution < 1.29 is 53.8 Å². The second-order valence-electron chi connectivity index (χ2n) is 11.4. The van der Waals surface area contributed by atoms with Gasteiger partial charge in [-0.05, 0) is 56.5 Å². The average molecular weight is 670 g/mol. The molecule has 0 radical (unpaired) electrons. The highest BCUT2D eigenvalue weighted by Gasteiger charge is 2.44. The van der Waals surface area contributed by atoms with Crippen LogP contribution in [0.1, 0.15) is 60.6 Å². The number of hydrogen-bond donors (Lipinski definition) is 0. The van der Waals surface area contributed by atoms with Gasteiger partial charge in [-0.15, -0.1) is 0 Å². The molecule has 0 bridgehead atoms. The van der Waals surface area contributed by atoms with Crippen LogP contribution in [0.4, 0.5) is 54.9 Å². The van der Waals surface area contributed by atoms with E-state index in [0.29, 0.717) is 50.8 Å². The van der Waals surface area contributed by atoms with E-state index in [1.807, 2.05) is 0 Å². The van der Waals surface area contributed by atoms with E-state index in [1.165, 1.54) is 11.8 Å². The molecule has 1 aromatic carbocycles. The van der Waals surface area contributed by atoms with E-state index >= 15 is 0 Å². The molecule has 0 N–H and O–H groups in total. The quantitative estimate of drug-likeness (QED) is 0.305. The fourth-order valence-corrected chi connectivity index (χ4v) is 5.75. The minimum Gasteiger partial charge on any atom is -0.439 e. The van der Waals surface area contributed by atoms with E-state index in [1.54, 1.807) is 30.8 Å². The third-order valence-corrected chi connectivity index (χ3v) is 8.11. The highest BCUT2D eigenvalue weighted by Crippen LogP contribution is 2.42. The van der Waals surface area contributed by atoms with Gasteiger partial charge in [-0.3, -0.25) is 4.90 Å². The molecule has 0 aliphatic carbocycles. The number of alkyl halides is 9. The largest absolute Gasteiger partial charge is 0.439 e. The molecule has 17 heteroatoms. The van der Waals surface area contributed by atoms with Gasteiger partial charge < -0.3 is 19.4 Å². The predicted molar refractivity (Wildman–Crippen MR) is 147 cm³/mol. The molecule has 8 nitrogen and oxygen atoms in total. The van der Waals surface area contributed by atoms with E-state index in [9.17, 15) is 49.1 Å². The van der Waals surface area contributed by atoms with Crippen molar-refractivity contribution in [3.05, 3.63) is 58.3 Å². The van der Waals surface area contributed by atoms with Crippen molar-refractivity contribution in [2.24, 2.45) is 0 Å². The van der Waals surface area contributed by atoms with Gasteiger partial charge in [0.25, 0.3) is 0 Å². The van der Waals surface area contributed by atoms with Crippen LogP contribution in [-0.2, 0) is 29.8 Å². The number of anilines is 1. The van der Waals surface area contributed by atoms with Crippen LogP contribution in [0, 0.1) is 0 Å². The Hall–Kier alpha value is -3.92. The first kappa shape index (κ1) is 34.9. The molecule has 1 aromatic heterocycles. The average Bonchev–Trinajstić information content (AvgIpc) is 3.25. The number of likely N-dealkylation sites (tertiary alicyclic amines) is 1. The van der Waals surface area contributed by atoms with Crippen LogP contribution in [0.15, 0.2) is 30.5 Å². The van der Waals surface area contributed by atoms with Crippen LogP contribution in [0.2, 0.25) is 0 Å². The minimum atomic E-state index is -5.14. The number of pyridine rings is 1. The number of rotatable bonds is 6. The molecule has 3 heterocycles. The summed E-state index contributed by atoms with van der Waals surface area (Å²) in [7, 11) is 3.23. The SMILES string of the molecule is CCN(c1ncc(C(F)(F)F)cc1CN1C(=O)O[C@H](c2cc(C(F)(F)F)cc(C(F)(F)F)c2)[C@@H]1C)C1CCN(C(=O)N(C)C)CC1. The zero-order valence-corrected chi connectivity index (χ0v) is 25.2. The van der Waals surface area contributed by atoms with Crippen LogP contribution in [-0.4, -0.2) is 77.6 Å². The molecule has 2 aliphatic heterocycles. The van der Waals surface area contributed by atoms with Crippen molar-refractivity contribution in [3.63, 3.8) is 0 Å². The molecule has 0 saturated carbocycles. The van der Waals surface area contributed by atoms with E-state index < -0.39 is 65.6 Å². The highest BCUT2D eigenvalue weighted by molar-refractivity contribution is 5.74. The molecule has 2 saturated heterocycles. The third kappa shape index (κ3) is 7.38. The molecule has 46 heavy (non-hydrogen) atoms. The Labute approximate surface area is 258 Å². The van der Waals surface area contributed by atoms with Crippen LogP contribution in [0.5, 0.6) is 0 Å². The number of carbonyl (C=O) groups is 2. The Kier molecular flexibility index (Phi) is 9.65. The van der Waals surface area contributed by atoms with Crippen molar-refractivity contribution in [2.45, 2.75) is 70.0 Å². The summed E-state index contributed by atoms with van der Waals surface area (Å²) in [5.74, 6) is 0.120. The molecule has 254 valence electrons. The summed E-state index contributed by atoms with van der Waals surface area (Å²) < 4.78 is 127. The van der Waals surface area contributed by atoms with Crippen molar-refractivity contribution in [1.29, 1.82) is 0 Å². The van der Waals surface area contributed by atoms with E-state index in [-0.39, 0.29) is 29.5 Å². The van der Waals surface area contributed by atoms with Crippen LogP contribution >= 0.6 is 0 Å². The van der Waals surface area contributed by atoms with Crippen molar-refractivity contribution in [2.75, 3.05) is 38.6 Å². The molecular weight excluding hydrogens is 637 g/mol. The molecular formula is C29H32F9N5O3. The molecule has 0 unspecified atom stereocenters. The summed E-state index contributed by atoms with van der Waals surface area (Å²) in [6, 6.07) is 0.0796. The topological polar surface area (TPSA) is 69.2 Å². The smallest absolute Gasteiger partial charge is 0.417 e. The summed E-state index contributed by atoms with van der Waals surface area (Å²) >= 11 is 0. The maximum atomic E-state index is 13.8. The summed E-state index contributed by atoms with van der Waals surface area (Å²) in [5.41, 5.74) is -4.92. The number of urea groups is 1. The standard InChI is InChI=1S/C29H32F9N5O3/c1-5-42(22-6-8-41(9-7-22)25(44)40(3)4)24-18(12-21(14-39-24)29(36,37)38)15-43-16(2)23(46-26(43)45)17-10-19(27(30,31)32)13-20(11-17)28(33,34)35/h10-14,16,22-23H,5-9,15H2,1-4H3/t16-,23-/m0/s1. The first-order valence-corrected chi connectivity index (χ1v) is 14.3. The highest BCUT2D eigenvalue weighted by atomic mass is 19.4. The van der Waals surface area contributed by atoms with Gasteiger partial charge in [0.2, 0.25) is 0 Å². The maximum absolute atomic E-state index is 13.8. The molecule has 4 rings (SSSR count). The second-order valence-corrected chi connectivity index (χ2v) is 11.4. The molecule has 2 fully saturated rings. The first-order chi connectivity index (χ1) is 21.2. The van der Waals surface area contributed by atoms with Crippen molar-refractivity contribution >= 4 is 17.9 Å². The second kappa shape index (κ2) is 12.7. The van der Waals surface area contributed by atoms with Crippen LogP contribution < -0.4 is 4.90 Å². The minimum absolute atomic E-state index is 0.0482. The first-order valence-electron chi connectivity index (χ1n) is 14.3. The zero-order valence-electron chi connectivity index (χ0n) is 25.2. The van der Waals surface area contributed by atoms with Gasteiger partial charge in [-0.2, -0.15) is 39.5 Å². The fourth-order valence-electron chi connectivity index (χ4n) is 5.75. The number of carbonyl (C=O) groups excluding carboxylic acids is 2. The Morgan fingerprint density at radius 1 is 0.913 bits per heavy atom. The normalized spacial score (nSPS) is 19.8. The van der Waals surface area contributed by atoms with Crippen LogP contribution in [0.3, 0.4) is 0 Å². The number of halogens is 9. The predicted octanol–water partition coefficient (Wildman–Crippen LogP) is 7.19. The van der Waals surface area contributed by atoms with E-state index in [0.717, 1.165) is 11.0 Å². The molecule has 3 amide bonds. The zero-order chi connectivity index (χ0) is 34.4. The lowest BCUT2D eigenvalue weighted by Crippen LogP contribution is -2.49. The van der Waals surface area contributed by atoms with Crippen molar-refractivity contribution in [1.82, 2.24) is 19.7 Å². The van der Waals surface area contributed by atoms with Gasteiger partial charge in [-0.1, -0.05) is 0 Å². The Morgan fingerprint density at radius 2 is 1.46 bits per heavy atom. The number of ether oxygens (including phenoxy) is 1. The van der Waals surface area contributed by atoms with Gasteiger partial charge in [0.05, 0.1) is 29.3 Å².